The maximum atomic E-state index is 13.3. The summed E-state index contributed by atoms with van der Waals surface area (Å²) in [5, 5.41) is 9.91. The van der Waals surface area contributed by atoms with Gasteiger partial charge in [-0.3, -0.25) is 9.59 Å². The number of nitrogens with zero attached hydrogens (tertiary/aromatic N) is 2. The molecule has 358 valence electrons. The van der Waals surface area contributed by atoms with Gasteiger partial charge in [0.05, 0.1) is 26.5 Å². The Bertz CT molecular complexity index is 2810. The van der Waals surface area contributed by atoms with Crippen LogP contribution in [0.15, 0.2) is 176 Å². The summed E-state index contributed by atoms with van der Waals surface area (Å²) in [6, 6.07) is 52.0. The van der Waals surface area contributed by atoms with Gasteiger partial charge >= 0.3 is 11.9 Å². The minimum atomic E-state index is -0.728. The van der Waals surface area contributed by atoms with E-state index in [1.165, 1.54) is 14.2 Å². The average molecular weight is 940 g/mol. The molecule has 0 spiro atoms. The number of carbonyl (C=O) groups excluding carboxylic acids is 4. The number of nitrogens with one attached hydrogen (secondary N) is 3. The van der Waals surface area contributed by atoms with Crippen molar-refractivity contribution in [3.05, 3.63) is 215 Å². The van der Waals surface area contributed by atoms with Gasteiger partial charge in [-0.15, -0.1) is 0 Å². The van der Waals surface area contributed by atoms with Crippen molar-refractivity contribution in [2.45, 2.75) is 31.5 Å². The topological polar surface area (TPSA) is 157 Å². The number of likely N-dealkylation sites (N-methyl/N-ethyl adjacent to an activating group) is 1. The number of aromatic nitrogens is 1. The van der Waals surface area contributed by atoms with Crippen LogP contribution in [0.25, 0.3) is 0 Å². The number of para-hydroxylation sites is 2. The SMILES string of the molecule is COC(=O)C(Cc1ccc(OCCNCc2cccc(N(C)CCOc3ccc(CC(Nc4ccccc4C(=O)c4ccccc4)C(=O)OC)cc3)n2)cc1)Nc1ccccc1C(=O)c1ccccc1. The third-order valence-electron chi connectivity index (χ3n) is 11.5. The van der Waals surface area contributed by atoms with E-state index in [1.807, 2.05) is 127 Å². The van der Waals surface area contributed by atoms with Gasteiger partial charge in [-0.2, -0.15) is 0 Å². The Labute approximate surface area is 408 Å². The molecule has 0 aliphatic rings. The van der Waals surface area contributed by atoms with Gasteiger partial charge in [-0.25, -0.2) is 14.6 Å². The number of methoxy groups -OCH3 is 2. The highest BCUT2D eigenvalue weighted by molar-refractivity contribution is 6.13. The first-order valence-corrected chi connectivity index (χ1v) is 23.1. The summed E-state index contributed by atoms with van der Waals surface area (Å²) in [4.78, 5) is 59.3. The van der Waals surface area contributed by atoms with Crippen molar-refractivity contribution in [2.24, 2.45) is 0 Å². The lowest BCUT2D eigenvalue weighted by atomic mass is 10.00. The molecule has 0 bridgehead atoms. The first kappa shape index (κ1) is 49.6. The molecule has 6 aromatic carbocycles. The molecule has 0 aliphatic carbocycles. The molecular formula is C57H57N5O8. The standard InChI is InChI=1S/C57H57N5O8/c1-62(34-36-70-46-31-27-41(28-32-46)38-52(57(66)68-3)61-50-23-13-11-21-48(50)55(64)43-17-8-5-9-18-43)53-24-14-19-44(59-53)39-58-33-35-69-45-29-25-40(26-30-45)37-51(56(65)67-2)60-49-22-12-10-20-47(49)54(63)42-15-6-4-7-16-42/h4-32,51-52,58,60-61H,33-39H2,1-3H3. The number of benzene rings is 6. The van der Waals surface area contributed by atoms with E-state index in [4.69, 9.17) is 23.9 Å². The number of rotatable bonds is 25. The molecule has 7 aromatic rings. The molecule has 0 saturated heterocycles. The molecule has 0 radical (unpaired) electrons. The zero-order chi connectivity index (χ0) is 49.1. The van der Waals surface area contributed by atoms with Gasteiger partial charge < -0.3 is 39.8 Å². The predicted octanol–water partition coefficient (Wildman–Crippen LogP) is 8.62. The normalized spacial score (nSPS) is 11.6. The fourth-order valence-electron chi connectivity index (χ4n) is 7.72. The smallest absolute Gasteiger partial charge is 0.328 e. The number of hydrogen-bond donors (Lipinski definition) is 3. The van der Waals surface area contributed by atoms with Gasteiger partial charge in [0, 0.05) is 66.6 Å². The van der Waals surface area contributed by atoms with Gasteiger partial charge in [0.15, 0.2) is 11.6 Å². The summed E-state index contributed by atoms with van der Waals surface area (Å²) >= 11 is 0. The summed E-state index contributed by atoms with van der Waals surface area (Å²) in [7, 11) is 4.67. The second-order valence-corrected chi connectivity index (χ2v) is 16.4. The molecule has 0 aliphatic heterocycles. The lowest BCUT2D eigenvalue weighted by molar-refractivity contribution is -0.142. The van der Waals surface area contributed by atoms with Crippen molar-refractivity contribution in [1.29, 1.82) is 0 Å². The summed E-state index contributed by atoms with van der Waals surface area (Å²) < 4.78 is 22.3. The summed E-state index contributed by atoms with van der Waals surface area (Å²) in [6.07, 6.45) is 0.672. The Hall–Kier alpha value is -8.29. The molecule has 1 heterocycles. The predicted molar refractivity (Wildman–Crippen MR) is 272 cm³/mol. The number of esters is 2. The van der Waals surface area contributed by atoms with Crippen molar-refractivity contribution >= 4 is 40.7 Å². The van der Waals surface area contributed by atoms with Crippen LogP contribution in [0.2, 0.25) is 0 Å². The monoisotopic (exact) mass is 939 g/mol. The van der Waals surface area contributed by atoms with E-state index in [2.05, 4.69) is 16.0 Å². The number of pyridine rings is 1. The van der Waals surface area contributed by atoms with E-state index in [1.54, 1.807) is 60.7 Å². The van der Waals surface area contributed by atoms with Crippen LogP contribution in [0.3, 0.4) is 0 Å². The average Bonchev–Trinajstić information content (AvgIpc) is 3.41. The van der Waals surface area contributed by atoms with Crippen LogP contribution in [-0.4, -0.2) is 88.1 Å². The second-order valence-electron chi connectivity index (χ2n) is 16.4. The molecule has 1 aromatic heterocycles. The van der Waals surface area contributed by atoms with Crippen LogP contribution in [0.1, 0.15) is 48.7 Å². The maximum absolute atomic E-state index is 13.3. The zero-order valence-corrected chi connectivity index (χ0v) is 39.5. The number of hydrogen-bond acceptors (Lipinski definition) is 13. The Kier molecular flexibility index (Phi) is 17.8. The lowest BCUT2D eigenvalue weighted by Gasteiger charge is -2.20. The molecule has 13 nitrogen and oxygen atoms in total. The van der Waals surface area contributed by atoms with Crippen molar-refractivity contribution < 1.29 is 38.1 Å². The summed E-state index contributed by atoms with van der Waals surface area (Å²) in [5.74, 6) is 1.05. The van der Waals surface area contributed by atoms with Gasteiger partial charge in [-0.05, 0) is 71.8 Å². The third-order valence-corrected chi connectivity index (χ3v) is 11.5. The van der Waals surface area contributed by atoms with Crippen LogP contribution >= 0.6 is 0 Å². The number of ketones is 2. The maximum Gasteiger partial charge on any atom is 0.328 e. The summed E-state index contributed by atoms with van der Waals surface area (Å²) in [5.41, 5.74) is 5.84. The number of carbonyl (C=O) groups is 4. The Morgan fingerprint density at radius 1 is 0.529 bits per heavy atom. The minimum Gasteiger partial charge on any atom is -0.492 e. The fourth-order valence-corrected chi connectivity index (χ4v) is 7.72. The molecule has 2 unspecified atom stereocenters. The highest BCUT2D eigenvalue weighted by atomic mass is 16.5. The molecule has 0 amide bonds. The van der Waals surface area contributed by atoms with Crippen LogP contribution in [0.5, 0.6) is 11.5 Å². The zero-order valence-electron chi connectivity index (χ0n) is 39.5. The van der Waals surface area contributed by atoms with E-state index in [0.717, 1.165) is 22.6 Å². The quantitative estimate of drug-likeness (QED) is 0.0285. The van der Waals surface area contributed by atoms with E-state index >= 15 is 0 Å². The third kappa shape index (κ3) is 13.9. The summed E-state index contributed by atoms with van der Waals surface area (Å²) in [6.45, 7) is 2.60. The lowest BCUT2D eigenvalue weighted by Crippen LogP contribution is -2.33. The van der Waals surface area contributed by atoms with Crippen molar-refractivity contribution in [3.8, 4) is 11.5 Å². The van der Waals surface area contributed by atoms with E-state index < -0.39 is 24.0 Å². The van der Waals surface area contributed by atoms with Gasteiger partial charge in [0.2, 0.25) is 0 Å². The van der Waals surface area contributed by atoms with Crippen molar-refractivity contribution in [3.63, 3.8) is 0 Å². The Balaban J connectivity index is 0.828. The van der Waals surface area contributed by atoms with Gasteiger partial charge in [-0.1, -0.05) is 115 Å². The van der Waals surface area contributed by atoms with E-state index in [0.29, 0.717) is 90.8 Å². The van der Waals surface area contributed by atoms with Gasteiger partial charge in [0.25, 0.3) is 0 Å². The molecular weight excluding hydrogens is 883 g/mol. The number of anilines is 3. The highest BCUT2D eigenvalue weighted by Gasteiger charge is 2.24. The molecule has 7 rings (SSSR count). The van der Waals surface area contributed by atoms with Crippen molar-refractivity contribution in [1.82, 2.24) is 10.3 Å². The molecule has 3 N–H and O–H groups in total. The minimum absolute atomic E-state index is 0.139. The van der Waals surface area contributed by atoms with Crippen LogP contribution in [0.4, 0.5) is 17.2 Å². The Morgan fingerprint density at radius 3 is 1.47 bits per heavy atom. The first-order valence-electron chi connectivity index (χ1n) is 23.1. The first-order chi connectivity index (χ1) is 34.2. The van der Waals surface area contributed by atoms with E-state index in [-0.39, 0.29) is 11.6 Å². The highest BCUT2D eigenvalue weighted by Crippen LogP contribution is 2.25. The second kappa shape index (κ2) is 25.2. The van der Waals surface area contributed by atoms with Crippen molar-refractivity contribution in [2.75, 3.05) is 63.1 Å². The fraction of sp³-hybridized carbons (Fsp3) is 0.211. The van der Waals surface area contributed by atoms with Crippen LogP contribution < -0.4 is 30.3 Å². The Morgan fingerprint density at radius 2 is 0.986 bits per heavy atom. The largest absolute Gasteiger partial charge is 0.492 e. The number of ether oxygens (including phenoxy) is 4. The molecule has 0 saturated carbocycles. The molecule has 2 atom stereocenters. The molecule has 70 heavy (non-hydrogen) atoms. The molecule has 0 fully saturated rings. The molecule has 13 heteroatoms. The van der Waals surface area contributed by atoms with Crippen LogP contribution in [-0.2, 0) is 38.4 Å². The van der Waals surface area contributed by atoms with Gasteiger partial charge in [0.1, 0.15) is 42.6 Å². The van der Waals surface area contributed by atoms with E-state index in [9.17, 15) is 19.2 Å². The van der Waals surface area contributed by atoms with Crippen LogP contribution in [0, 0.1) is 0 Å².